The first-order valence-electron chi connectivity index (χ1n) is 10.8. The molecule has 1 fully saturated rings. The van der Waals surface area contributed by atoms with E-state index in [1.54, 1.807) is 7.11 Å². The summed E-state index contributed by atoms with van der Waals surface area (Å²) in [6.07, 6.45) is 1.84. The number of aromatic nitrogens is 2. The number of hydrogen-bond acceptors (Lipinski definition) is 6. The third kappa shape index (κ3) is 5.55. The molecule has 0 saturated carbocycles. The van der Waals surface area contributed by atoms with Gasteiger partial charge in [0.15, 0.2) is 0 Å². The second-order valence-electron chi connectivity index (χ2n) is 8.10. The molecule has 2 heterocycles. The van der Waals surface area contributed by atoms with Gasteiger partial charge in [0.1, 0.15) is 5.75 Å². The molecule has 2 unspecified atom stereocenters. The fourth-order valence-corrected chi connectivity index (χ4v) is 4.21. The summed E-state index contributed by atoms with van der Waals surface area (Å²) in [4.78, 5) is 19.6. The number of methoxy groups -OCH3 is 1. The lowest BCUT2D eigenvalue weighted by Gasteiger charge is -2.31. The zero-order chi connectivity index (χ0) is 22.5. The zero-order valence-electron chi connectivity index (χ0n) is 18.3. The van der Waals surface area contributed by atoms with Crippen LogP contribution in [0.5, 0.6) is 5.75 Å². The van der Waals surface area contributed by atoms with E-state index in [1.807, 2.05) is 55.5 Å². The molecule has 0 bridgehead atoms. The number of amides is 1. The number of carbonyl (C=O) groups is 1. The maximum atomic E-state index is 12.9. The summed E-state index contributed by atoms with van der Waals surface area (Å²) in [6.45, 7) is 4.13. The highest BCUT2D eigenvalue weighted by Gasteiger charge is 2.28. The van der Waals surface area contributed by atoms with Crippen LogP contribution in [0.2, 0.25) is 0 Å². The van der Waals surface area contributed by atoms with Gasteiger partial charge in [-0.05, 0) is 68.3 Å². The number of rotatable bonds is 7. The number of ether oxygens (including phenoxy) is 1. The monoisotopic (exact) mass is 498 g/mol. The normalized spacial score (nSPS) is 17.7. The fourth-order valence-electron chi connectivity index (χ4n) is 3.95. The van der Waals surface area contributed by atoms with E-state index >= 15 is 0 Å². The zero-order valence-corrected chi connectivity index (χ0v) is 19.8. The largest absolute Gasteiger partial charge is 0.497 e. The maximum Gasteiger partial charge on any atom is 0.241 e. The van der Waals surface area contributed by atoms with Gasteiger partial charge in [-0.15, -0.1) is 0 Å². The van der Waals surface area contributed by atoms with Crippen molar-refractivity contribution in [2.75, 3.05) is 20.2 Å². The van der Waals surface area contributed by atoms with Gasteiger partial charge in [-0.2, -0.15) is 4.98 Å². The van der Waals surface area contributed by atoms with Gasteiger partial charge in [0.25, 0.3) is 0 Å². The number of likely N-dealkylation sites (tertiary alicyclic amines) is 1. The van der Waals surface area contributed by atoms with E-state index in [2.05, 4.69) is 36.3 Å². The van der Waals surface area contributed by atoms with Gasteiger partial charge < -0.3 is 14.6 Å². The molecular formula is C24H27BrN4O3. The lowest BCUT2D eigenvalue weighted by molar-refractivity contribution is -0.127. The number of nitrogens with zero attached hydrogens (tertiary/aromatic N) is 3. The van der Waals surface area contributed by atoms with Crippen molar-refractivity contribution >= 4 is 21.8 Å². The van der Waals surface area contributed by atoms with Crippen LogP contribution < -0.4 is 10.1 Å². The van der Waals surface area contributed by atoms with Gasteiger partial charge in [0.2, 0.25) is 17.6 Å². The minimum Gasteiger partial charge on any atom is -0.497 e. The molecule has 8 heteroatoms. The Morgan fingerprint density at radius 3 is 2.72 bits per heavy atom. The molecule has 168 valence electrons. The lowest BCUT2D eigenvalue weighted by Crippen LogP contribution is -2.43. The predicted octanol–water partition coefficient (Wildman–Crippen LogP) is 4.60. The van der Waals surface area contributed by atoms with Crippen molar-refractivity contribution in [1.82, 2.24) is 20.4 Å². The Balaban J connectivity index is 1.32. The van der Waals surface area contributed by atoms with E-state index in [9.17, 15) is 4.79 Å². The summed E-state index contributed by atoms with van der Waals surface area (Å²) in [5, 5.41) is 7.26. The number of piperidine rings is 1. The molecule has 1 aliphatic heterocycles. The van der Waals surface area contributed by atoms with E-state index in [0.29, 0.717) is 24.8 Å². The maximum absolute atomic E-state index is 12.9. The van der Waals surface area contributed by atoms with Crippen molar-refractivity contribution in [1.29, 1.82) is 0 Å². The third-order valence-corrected chi connectivity index (χ3v) is 6.31. The number of benzene rings is 2. The van der Waals surface area contributed by atoms with Crippen LogP contribution in [0.25, 0.3) is 11.4 Å². The summed E-state index contributed by atoms with van der Waals surface area (Å²) in [7, 11) is 1.64. The van der Waals surface area contributed by atoms with E-state index < -0.39 is 0 Å². The minimum atomic E-state index is -0.0619. The van der Waals surface area contributed by atoms with Crippen molar-refractivity contribution in [2.24, 2.45) is 5.92 Å². The van der Waals surface area contributed by atoms with Crippen LogP contribution in [0, 0.1) is 5.92 Å². The molecular weight excluding hydrogens is 472 g/mol. The van der Waals surface area contributed by atoms with Crippen LogP contribution in [0.15, 0.2) is 57.5 Å². The van der Waals surface area contributed by atoms with E-state index in [4.69, 9.17) is 9.26 Å². The molecule has 2 aromatic carbocycles. The van der Waals surface area contributed by atoms with Crippen LogP contribution in [0.1, 0.15) is 37.3 Å². The van der Waals surface area contributed by atoms with Crippen molar-refractivity contribution in [3.05, 3.63) is 64.5 Å². The summed E-state index contributed by atoms with van der Waals surface area (Å²) < 4.78 is 11.7. The summed E-state index contributed by atoms with van der Waals surface area (Å²) in [5.74, 6) is 1.97. The molecule has 0 radical (unpaired) electrons. The smallest absolute Gasteiger partial charge is 0.241 e. The minimum absolute atomic E-state index is 0.0571. The molecule has 0 aliphatic carbocycles. The highest BCUT2D eigenvalue weighted by molar-refractivity contribution is 9.10. The van der Waals surface area contributed by atoms with Gasteiger partial charge in [-0.1, -0.05) is 33.2 Å². The van der Waals surface area contributed by atoms with E-state index in [0.717, 1.165) is 40.7 Å². The SMILES string of the molecule is COc1ccc(C(C)NC(=O)C2CCCN(Cc3nc(-c4ccc(Br)cc4)no3)C2)cc1. The Bertz CT molecular complexity index is 1040. The number of carbonyl (C=O) groups excluding carboxylic acids is 1. The molecule has 1 aromatic heterocycles. The first-order valence-corrected chi connectivity index (χ1v) is 11.6. The van der Waals surface area contributed by atoms with Crippen molar-refractivity contribution in [2.45, 2.75) is 32.4 Å². The summed E-state index contributed by atoms with van der Waals surface area (Å²) in [6, 6.07) is 15.5. The Morgan fingerprint density at radius 1 is 1.25 bits per heavy atom. The molecule has 0 spiro atoms. The first kappa shape index (κ1) is 22.5. The van der Waals surface area contributed by atoms with E-state index in [-0.39, 0.29) is 17.9 Å². The van der Waals surface area contributed by atoms with Crippen LogP contribution in [-0.4, -0.2) is 41.1 Å². The fraction of sp³-hybridized carbons (Fsp3) is 0.375. The van der Waals surface area contributed by atoms with Gasteiger partial charge in [-0.25, -0.2) is 0 Å². The summed E-state index contributed by atoms with van der Waals surface area (Å²) >= 11 is 3.43. The third-order valence-electron chi connectivity index (χ3n) is 5.78. The Labute approximate surface area is 196 Å². The number of nitrogens with one attached hydrogen (secondary N) is 1. The van der Waals surface area contributed by atoms with Crippen LogP contribution in [0.4, 0.5) is 0 Å². The lowest BCUT2D eigenvalue weighted by atomic mass is 9.96. The Hall–Kier alpha value is -2.71. The predicted molar refractivity (Wildman–Crippen MR) is 125 cm³/mol. The highest BCUT2D eigenvalue weighted by atomic mass is 79.9. The number of halogens is 1. The second-order valence-corrected chi connectivity index (χ2v) is 9.01. The van der Waals surface area contributed by atoms with Crippen LogP contribution in [0.3, 0.4) is 0 Å². The molecule has 3 aromatic rings. The Morgan fingerprint density at radius 2 is 2.00 bits per heavy atom. The first-order chi connectivity index (χ1) is 15.5. The molecule has 1 amide bonds. The summed E-state index contributed by atoms with van der Waals surface area (Å²) in [5.41, 5.74) is 1.96. The molecule has 32 heavy (non-hydrogen) atoms. The van der Waals surface area contributed by atoms with Gasteiger partial charge >= 0.3 is 0 Å². The highest BCUT2D eigenvalue weighted by Crippen LogP contribution is 2.23. The molecule has 1 saturated heterocycles. The average molecular weight is 499 g/mol. The Kier molecular flexibility index (Phi) is 7.22. The van der Waals surface area contributed by atoms with Crippen LogP contribution in [-0.2, 0) is 11.3 Å². The number of hydrogen-bond donors (Lipinski definition) is 1. The van der Waals surface area contributed by atoms with Crippen LogP contribution >= 0.6 is 15.9 Å². The van der Waals surface area contributed by atoms with Crippen molar-refractivity contribution < 1.29 is 14.1 Å². The van der Waals surface area contributed by atoms with E-state index in [1.165, 1.54) is 0 Å². The molecule has 1 aliphatic rings. The molecule has 4 rings (SSSR count). The topological polar surface area (TPSA) is 80.5 Å². The van der Waals surface area contributed by atoms with Crippen molar-refractivity contribution in [3.63, 3.8) is 0 Å². The second kappa shape index (κ2) is 10.3. The molecule has 2 atom stereocenters. The molecule has 7 nitrogen and oxygen atoms in total. The standard InChI is InChI=1S/C24H27BrN4O3/c1-16(17-7-11-21(31-2)12-8-17)26-24(30)19-4-3-13-29(14-19)15-22-27-23(28-32-22)18-5-9-20(25)10-6-18/h5-12,16,19H,3-4,13-15H2,1-2H3,(H,26,30). The van der Waals surface area contributed by atoms with Gasteiger partial charge in [-0.3, -0.25) is 9.69 Å². The van der Waals surface area contributed by atoms with Crippen molar-refractivity contribution in [3.8, 4) is 17.1 Å². The van der Waals surface area contributed by atoms with Gasteiger partial charge in [0.05, 0.1) is 25.6 Å². The quantitative estimate of drug-likeness (QED) is 0.512. The average Bonchev–Trinajstić information content (AvgIpc) is 3.28. The molecule has 1 N–H and O–H groups in total. The van der Waals surface area contributed by atoms with Gasteiger partial charge in [0, 0.05) is 16.6 Å².